The second-order valence-corrected chi connectivity index (χ2v) is 11.6. The Balaban J connectivity index is 1.39. The third-order valence-corrected chi connectivity index (χ3v) is 9.35. The molecule has 0 fully saturated rings. The Labute approximate surface area is 235 Å². The number of thioether (sulfide) groups is 1. The Bertz CT molecular complexity index is 1420. The third-order valence-electron chi connectivity index (χ3n) is 6.82. The molecule has 2 aliphatic rings. The van der Waals surface area contributed by atoms with E-state index in [1.165, 1.54) is 16.2 Å². The molecule has 5 rings (SSSR count). The lowest BCUT2D eigenvalue weighted by Gasteiger charge is -2.22. The minimum absolute atomic E-state index is 0.165. The molecule has 39 heavy (non-hydrogen) atoms. The van der Waals surface area contributed by atoms with Crippen LogP contribution in [0.2, 0.25) is 0 Å². The molecule has 2 heterocycles. The van der Waals surface area contributed by atoms with Gasteiger partial charge >= 0.3 is 5.97 Å². The number of para-hydroxylation sites is 1. The lowest BCUT2D eigenvalue weighted by atomic mass is 10.1. The third kappa shape index (κ3) is 5.49. The van der Waals surface area contributed by atoms with Gasteiger partial charge < -0.3 is 24.4 Å². The molecule has 0 radical (unpaired) electrons. The molecule has 0 saturated heterocycles. The first-order valence-corrected chi connectivity index (χ1v) is 14.5. The molecule has 2 amide bonds. The Morgan fingerprint density at radius 2 is 1.87 bits per heavy atom. The molecular formula is C29H30N2O6S2. The van der Waals surface area contributed by atoms with Crippen molar-refractivity contribution in [3.63, 3.8) is 0 Å². The first kappa shape index (κ1) is 27.1. The molecule has 1 aliphatic heterocycles. The fourth-order valence-corrected chi connectivity index (χ4v) is 7.58. The number of ether oxygens (including phenoxy) is 3. The highest BCUT2D eigenvalue weighted by atomic mass is 32.2. The second kappa shape index (κ2) is 11.7. The highest BCUT2D eigenvalue weighted by Crippen LogP contribution is 2.47. The van der Waals surface area contributed by atoms with Crippen LogP contribution >= 0.6 is 23.1 Å². The number of benzene rings is 2. The van der Waals surface area contributed by atoms with Crippen molar-refractivity contribution in [2.45, 2.75) is 42.8 Å². The van der Waals surface area contributed by atoms with Gasteiger partial charge in [-0.3, -0.25) is 9.59 Å². The Morgan fingerprint density at radius 3 is 2.64 bits per heavy atom. The van der Waals surface area contributed by atoms with Crippen LogP contribution in [-0.4, -0.2) is 45.2 Å². The molecule has 2 aromatic carbocycles. The van der Waals surface area contributed by atoms with E-state index in [1.807, 2.05) is 42.5 Å². The first-order chi connectivity index (χ1) is 18.9. The second-order valence-electron chi connectivity index (χ2n) is 9.20. The Kier molecular flexibility index (Phi) is 8.13. The number of aryl methyl sites for hydroxylation is 1. The zero-order valence-electron chi connectivity index (χ0n) is 22.1. The van der Waals surface area contributed by atoms with Gasteiger partial charge in [0.1, 0.15) is 11.5 Å². The number of carbonyl (C=O) groups is 3. The zero-order chi connectivity index (χ0) is 27.5. The van der Waals surface area contributed by atoms with E-state index in [0.29, 0.717) is 27.8 Å². The molecule has 204 valence electrons. The average Bonchev–Trinajstić information content (AvgIpc) is 3.48. The summed E-state index contributed by atoms with van der Waals surface area (Å²) in [4.78, 5) is 43.2. The summed E-state index contributed by atoms with van der Waals surface area (Å²) in [5.41, 5.74) is 3.04. The zero-order valence-corrected chi connectivity index (χ0v) is 23.7. The van der Waals surface area contributed by atoms with Gasteiger partial charge in [0, 0.05) is 21.4 Å². The van der Waals surface area contributed by atoms with Crippen LogP contribution in [0, 0.1) is 0 Å². The molecule has 10 heteroatoms. The molecular weight excluding hydrogens is 536 g/mol. The number of hydrogen-bond acceptors (Lipinski definition) is 8. The number of fused-ring (bicyclic) bond motifs is 2. The predicted octanol–water partition coefficient (Wildman–Crippen LogP) is 5.64. The summed E-state index contributed by atoms with van der Waals surface area (Å²) < 4.78 is 16.1. The van der Waals surface area contributed by atoms with Gasteiger partial charge in [0.15, 0.2) is 11.5 Å². The number of rotatable bonds is 8. The van der Waals surface area contributed by atoms with Crippen molar-refractivity contribution in [1.82, 2.24) is 0 Å². The quantitative estimate of drug-likeness (QED) is 0.353. The maximum Gasteiger partial charge on any atom is 0.341 e. The van der Waals surface area contributed by atoms with E-state index in [1.54, 1.807) is 32.9 Å². The van der Waals surface area contributed by atoms with Gasteiger partial charge in [-0.05, 0) is 61.6 Å². The van der Waals surface area contributed by atoms with Crippen molar-refractivity contribution < 1.29 is 28.6 Å². The van der Waals surface area contributed by atoms with Crippen LogP contribution in [0.25, 0.3) is 0 Å². The summed E-state index contributed by atoms with van der Waals surface area (Å²) in [6, 6.07) is 13.3. The van der Waals surface area contributed by atoms with Crippen LogP contribution < -0.4 is 19.7 Å². The molecule has 1 aliphatic carbocycles. The van der Waals surface area contributed by atoms with Crippen LogP contribution in [0.1, 0.15) is 51.4 Å². The fraction of sp³-hybridized carbons (Fsp3) is 0.345. The van der Waals surface area contributed by atoms with Crippen LogP contribution in [-0.2, 0) is 27.2 Å². The molecule has 1 unspecified atom stereocenters. The van der Waals surface area contributed by atoms with Crippen LogP contribution in [0.3, 0.4) is 0 Å². The van der Waals surface area contributed by atoms with E-state index in [9.17, 15) is 14.4 Å². The number of carbonyl (C=O) groups excluding carboxylic acids is 3. The van der Waals surface area contributed by atoms with Gasteiger partial charge in [-0.15, -0.1) is 23.1 Å². The van der Waals surface area contributed by atoms with Crippen molar-refractivity contribution in [3.05, 3.63) is 64.0 Å². The van der Waals surface area contributed by atoms with E-state index in [4.69, 9.17) is 14.2 Å². The Morgan fingerprint density at radius 1 is 1.08 bits per heavy atom. The molecule has 3 aromatic rings. The maximum absolute atomic E-state index is 13.6. The largest absolute Gasteiger partial charge is 0.493 e. The van der Waals surface area contributed by atoms with E-state index in [-0.39, 0.29) is 36.6 Å². The van der Waals surface area contributed by atoms with Crippen LogP contribution in [0.5, 0.6) is 11.5 Å². The average molecular weight is 567 g/mol. The summed E-state index contributed by atoms with van der Waals surface area (Å²) in [5, 5.41) is 3.23. The van der Waals surface area contributed by atoms with E-state index >= 15 is 0 Å². The van der Waals surface area contributed by atoms with E-state index in [0.717, 1.165) is 40.2 Å². The number of anilines is 2. The van der Waals surface area contributed by atoms with Gasteiger partial charge in [-0.25, -0.2) is 4.79 Å². The summed E-state index contributed by atoms with van der Waals surface area (Å²) in [6.07, 6.45) is 2.86. The number of amides is 2. The summed E-state index contributed by atoms with van der Waals surface area (Å²) in [6.45, 7) is 1.85. The smallest absolute Gasteiger partial charge is 0.341 e. The first-order valence-electron chi connectivity index (χ1n) is 12.8. The standard InChI is InChI=1S/C29H30N2O6S2/c1-4-37-29(34)27-18-8-7-11-22(18)39-28(27)30-25(32)16-31-19-9-5-6-10-23(19)38-24(15-26(31)33)17-12-13-20(35-2)21(14-17)36-3/h5-6,9-10,12-14,24H,4,7-8,11,15-16H2,1-3H3,(H,30,32). The Hall–Kier alpha value is -3.50. The summed E-state index contributed by atoms with van der Waals surface area (Å²) >= 11 is 3.01. The normalized spacial score (nSPS) is 16.2. The van der Waals surface area contributed by atoms with Gasteiger partial charge in [0.25, 0.3) is 0 Å². The van der Waals surface area contributed by atoms with Crippen molar-refractivity contribution in [2.24, 2.45) is 0 Å². The van der Waals surface area contributed by atoms with Gasteiger partial charge in [-0.1, -0.05) is 18.2 Å². The number of hydrogen-bond donors (Lipinski definition) is 1. The minimum Gasteiger partial charge on any atom is -0.493 e. The molecule has 1 aromatic heterocycles. The summed E-state index contributed by atoms with van der Waals surface area (Å²) in [7, 11) is 3.17. The maximum atomic E-state index is 13.6. The van der Waals surface area contributed by atoms with Crippen molar-refractivity contribution >= 4 is 51.6 Å². The van der Waals surface area contributed by atoms with Crippen molar-refractivity contribution in [2.75, 3.05) is 37.6 Å². The van der Waals surface area contributed by atoms with Crippen molar-refractivity contribution in [1.29, 1.82) is 0 Å². The molecule has 0 saturated carbocycles. The highest BCUT2D eigenvalue weighted by molar-refractivity contribution is 7.99. The molecule has 8 nitrogen and oxygen atoms in total. The van der Waals surface area contributed by atoms with E-state index < -0.39 is 5.97 Å². The molecule has 1 N–H and O–H groups in total. The number of esters is 1. The lowest BCUT2D eigenvalue weighted by molar-refractivity contribution is -0.121. The van der Waals surface area contributed by atoms with E-state index in [2.05, 4.69) is 5.32 Å². The molecule has 0 spiro atoms. The van der Waals surface area contributed by atoms with Gasteiger partial charge in [-0.2, -0.15) is 0 Å². The number of methoxy groups -OCH3 is 2. The van der Waals surface area contributed by atoms with Crippen molar-refractivity contribution in [3.8, 4) is 11.5 Å². The predicted molar refractivity (Wildman–Crippen MR) is 152 cm³/mol. The SMILES string of the molecule is CCOC(=O)c1c(NC(=O)CN2C(=O)CC(c3ccc(OC)c(OC)c3)Sc3ccccc32)sc2c1CCC2. The molecule has 0 bridgehead atoms. The minimum atomic E-state index is -0.419. The number of nitrogens with one attached hydrogen (secondary N) is 1. The molecule has 1 atom stereocenters. The summed E-state index contributed by atoms with van der Waals surface area (Å²) in [5.74, 6) is 0.265. The number of nitrogens with zero attached hydrogens (tertiary/aromatic N) is 1. The topological polar surface area (TPSA) is 94.2 Å². The van der Waals surface area contributed by atoms with Crippen LogP contribution in [0.15, 0.2) is 47.4 Å². The van der Waals surface area contributed by atoms with Gasteiger partial charge in [0.2, 0.25) is 11.8 Å². The highest BCUT2D eigenvalue weighted by Gasteiger charge is 2.32. The van der Waals surface area contributed by atoms with Gasteiger partial charge in [0.05, 0.1) is 32.1 Å². The lowest BCUT2D eigenvalue weighted by Crippen LogP contribution is -2.38. The van der Waals surface area contributed by atoms with Crippen LogP contribution in [0.4, 0.5) is 10.7 Å². The number of thiophene rings is 1. The monoisotopic (exact) mass is 566 g/mol. The fourth-order valence-electron chi connectivity index (χ4n) is 5.01.